The van der Waals surface area contributed by atoms with E-state index in [4.69, 9.17) is 10.5 Å². The molecule has 0 saturated carbocycles. The second kappa shape index (κ2) is 6.86. The molecule has 1 amide bonds. The Labute approximate surface area is 98.1 Å². The topological polar surface area (TPSA) is 55.6 Å². The maximum Gasteiger partial charge on any atom is 0.222 e. The first-order chi connectivity index (χ1) is 7.65. The van der Waals surface area contributed by atoms with Crippen LogP contribution in [-0.2, 0) is 9.53 Å². The van der Waals surface area contributed by atoms with E-state index in [2.05, 4.69) is 0 Å². The Morgan fingerprint density at radius 3 is 2.94 bits per heavy atom. The Kier molecular flexibility index (Phi) is 5.77. The van der Waals surface area contributed by atoms with E-state index in [0.717, 1.165) is 32.3 Å². The van der Waals surface area contributed by atoms with Crippen molar-refractivity contribution in [2.75, 3.05) is 20.2 Å². The van der Waals surface area contributed by atoms with Crippen molar-refractivity contribution < 1.29 is 9.53 Å². The summed E-state index contributed by atoms with van der Waals surface area (Å²) in [6.07, 6.45) is 4.87. The van der Waals surface area contributed by atoms with Crippen LogP contribution in [0.2, 0.25) is 0 Å². The quantitative estimate of drug-likeness (QED) is 0.741. The molecule has 1 rings (SSSR count). The van der Waals surface area contributed by atoms with Crippen molar-refractivity contribution in [2.45, 2.75) is 51.2 Å². The third-order valence-electron chi connectivity index (χ3n) is 3.34. The van der Waals surface area contributed by atoms with Crippen LogP contribution >= 0.6 is 0 Å². The van der Waals surface area contributed by atoms with Gasteiger partial charge in [-0.2, -0.15) is 0 Å². The SMILES string of the molecule is CC(CCN)N(C)C(=O)CCC1CCCO1. The first-order valence-corrected chi connectivity index (χ1v) is 6.22. The van der Waals surface area contributed by atoms with Gasteiger partial charge in [0.05, 0.1) is 6.10 Å². The zero-order valence-corrected chi connectivity index (χ0v) is 10.4. The van der Waals surface area contributed by atoms with E-state index in [9.17, 15) is 4.79 Å². The van der Waals surface area contributed by atoms with Gasteiger partial charge in [-0.15, -0.1) is 0 Å². The lowest BCUT2D eigenvalue weighted by Crippen LogP contribution is -2.36. The van der Waals surface area contributed by atoms with E-state index in [1.807, 2.05) is 18.9 Å². The lowest BCUT2D eigenvalue weighted by atomic mass is 10.1. The van der Waals surface area contributed by atoms with Gasteiger partial charge in [0.1, 0.15) is 0 Å². The number of nitrogens with zero attached hydrogens (tertiary/aromatic N) is 1. The van der Waals surface area contributed by atoms with Crippen molar-refractivity contribution in [1.82, 2.24) is 4.90 Å². The zero-order chi connectivity index (χ0) is 12.0. The Bertz CT molecular complexity index is 215. The van der Waals surface area contributed by atoms with Gasteiger partial charge in [0.25, 0.3) is 0 Å². The van der Waals surface area contributed by atoms with Gasteiger partial charge in [0.15, 0.2) is 0 Å². The molecule has 0 aromatic rings. The van der Waals surface area contributed by atoms with Crippen molar-refractivity contribution in [3.8, 4) is 0 Å². The minimum atomic E-state index is 0.205. The molecule has 0 bridgehead atoms. The van der Waals surface area contributed by atoms with Crippen LogP contribution in [0, 0.1) is 0 Å². The summed E-state index contributed by atoms with van der Waals surface area (Å²) in [5.74, 6) is 0.205. The van der Waals surface area contributed by atoms with Crippen LogP contribution < -0.4 is 5.73 Å². The van der Waals surface area contributed by atoms with Gasteiger partial charge < -0.3 is 15.4 Å². The Balaban J connectivity index is 2.22. The highest BCUT2D eigenvalue weighted by molar-refractivity contribution is 5.76. The summed E-state index contributed by atoms with van der Waals surface area (Å²) in [5.41, 5.74) is 5.48. The van der Waals surface area contributed by atoms with E-state index in [-0.39, 0.29) is 11.9 Å². The largest absolute Gasteiger partial charge is 0.378 e. The molecular weight excluding hydrogens is 204 g/mol. The van der Waals surface area contributed by atoms with E-state index >= 15 is 0 Å². The molecule has 1 heterocycles. The minimum Gasteiger partial charge on any atom is -0.378 e. The molecule has 1 fully saturated rings. The minimum absolute atomic E-state index is 0.205. The molecular formula is C12H24N2O2. The fraction of sp³-hybridized carbons (Fsp3) is 0.917. The van der Waals surface area contributed by atoms with Gasteiger partial charge in [0, 0.05) is 26.1 Å². The molecule has 0 aromatic heterocycles. The molecule has 94 valence electrons. The Hall–Kier alpha value is -0.610. The number of hydrogen-bond acceptors (Lipinski definition) is 3. The summed E-state index contributed by atoms with van der Waals surface area (Å²) in [5, 5.41) is 0. The molecule has 0 aliphatic carbocycles. The zero-order valence-electron chi connectivity index (χ0n) is 10.4. The molecule has 2 N–H and O–H groups in total. The third-order valence-corrected chi connectivity index (χ3v) is 3.34. The number of rotatable bonds is 6. The van der Waals surface area contributed by atoms with Crippen molar-refractivity contribution in [3.05, 3.63) is 0 Å². The van der Waals surface area contributed by atoms with Crippen LogP contribution in [0.15, 0.2) is 0 Å². The first kappa shape index (κ1) is 13.5. The van der Waals surface area contributed by atoms with Gasteiger partial charge in [-0.25, -0.2) is 0 Å². The van der Waals surface area contributed by atoms with Crippen LogP contribution in [0.25, 0.3) is 0 Å². The molecule has 0 spiro atoms. The van der Waals surface area contributed by atoms with Crippen LogP contribution in [0.4, 0.5) is 0 Å². The summed E-state index contributed by atoms with van der Waals surface area (Å²) in [6.45, 7) is 3.53. The molecule has 2 atom stereocenters. The smallest absolute Gasteiger partial charge is 0.222 e. The number of amides is 1. The van der Waals surface area contributed by atoms with Gasteiger partial charge in [-0.3, -0.25) is 4.79 Å². The lowest BCUT2D eigenvalue weighted by molar-refractivity contribution is -0.132. The van der Waals surface area contributed by atoms with Crippen LogP contribution in [0.1, 0.15) is 39.0 Å². The second-order valence-corrected chi connectivity index (χ2v) is 4.60. The van der Waals surface area contributed by atoms with Gasteiger partial charge in [-0.1, -0.05) is 0 Å². The lowest BCUT2D eigenvalue weighted by Gasteiger charge is -2.25. The highest BCUT2D eigenvalue weighted by Gasteiger charge is 2.19. The van der Waals surface area contributed by atoms with E-state index in [0.29, 0.717) is 19.1 Å². The molecule has 0 aromatic carbocycles. The predicted molar refractivity (Wildman–Crippen MR) is 64.1 cm³/mol. The third kappa shape index (κ3) is 4.10. The number of hydrogen-bond donors (Lipinski definition) is 1. The second-order valence-electron chi connectivity index (χ2n) is 4.60. The van der Waals surface area contributed by atoms with Crippen molar-refractivity contribution >= 4 is 5.91 Å². The summed E-state index contributed by atoms with van der Waals surface area (Å²) in [6, 6.07) is 0.238. The number of nitrogens with two attached hydrogens (primary N) is 1. The monoisotopic (exact) mass is 228 g/mol. The summed E-state index contributed by atoms with van der Waals surface area (Å²) in [7, 11) is 1.86. The highest BCUT2D eigenvalue weighted by Crippen LogP contribution is 2.17. The standard InChI is InChI=1S/C12H24N2O2/c1-10(7-8-13)14(2)12(15)6-5-11-4-3-9-16-11/h10-11H,3-9,13H2,1-2H3. The van der Waals surface area contributed by atoms with E-state index in [1.165, 1.54) is 0 Å². The average molecular weight is 228 g/mol. The predicted octanol–water partition coefficient (Wildman–Crippen LogP) is 1.14. The van der Waals surface area contributed by atoms with Crippen LogP contribution in [0.5, 0.6) is 0 Å². The maximum absolute atomic E-state index is 11.8. The van der Waals surface area contributed by atoms with Gasteiger partial charge >= 0.3 is 0 Å². The fourth-order valence-electron chi connectivity index (χ4n) is 2.01. The van der Waals surface area contributed by atoms with Crippen LogP contribution in [-0.4, -0.2) is 43.2 Å². The van der Waals surface area contributed by atoms with E-state index < -0.39 is 0 Å². The first-order valence-electron chi connectivity index (χ1n) is 6.22. The highest BCUT2D eigenvalue weighted by atomic mass is 16.5. The summed E-state index contributed by atoms with van der Waals surface area (Å²) < 4.78 is 5.50. The van der Waals surface area contributed by atoms with Crippen molar-refractivity contribution in [3.63, 3.8) is 0 Å². The number of ether oxygens (including phenoxy) is 1. The van der Waals surface area contributed by atoms with E-state index in [1.54, 1.807) is 0 Å². The Morgan fingerprint density at radius 2 is 2.38 bits per heavy atom. The Morgan fingerprint density at radius 1 is 1.62 bits per heavy atom. The molecule has 2 unspecified atom stereocenters. The average Bonchev–Trinajstić information content (AvgIpc) is 2.78. The molecule has 1 saturated heterocycles. The van der Waals surface area contributed by atoms with Crippen LogP contribution in [0.3, 0.4) is 0 Å². The van der Waals surface area contributed by atoms with Gasteiger partial charge in [0.2, 0.25) is 5.91 Å². The van der Waals surface area contributed by atoms with Crippen molar-refractivity contribution in [2.24, 2.45) is 5.73 Å². The van der Waals surface area contributed by atoms with Crippen molar-refractivity contribution in [1.29, 1.82) is 0 Å². The molecule has 0 radical (unpaired) electrons. The number of carbonyl (C=O) groups is 1. The summed E-state index contributed by atoms with van der Waals surface area (Å²) in [4.78, 5) is 13.7. The normalized spacial score (nSPS) is 22.1. The molecule has 1 aliphatic rings. The molecule has 4 nitrogen and oxygen atoms in total. The molecule has 4 heteroatoms. The molecule has 1 aliphatic heterocycles. The molecule has 16 heavy (non-hydrogen) atoms. The number of carbonyl (C=O) groups excluding carboxylic acids is 1. The summed E-state index contributed by atoms with van der Waals surface area (Å²) >= 11 is 0. The van der Waals surface area contributed by atoms with Gasteiger partial charge in [-0.05, 0) is 39.2 Å². The maximum atomic E-state index is 11.8. The fourth-order valence-corrected chi connectivity index (χ4v) is 2.01.